The molecule has 0 saturated carbocycles. The quantitative estimate of drug-likeness (QED) is 0.378. The second-order valence-electron chi connectivity index (χ2n) is 5.83. The van der Waals surface area contributed by atoms with E-state index in [1.54, 1.807) is 12.1 Å². The van der Waals surface area contributed by atoms with E-state index in [2.05, 4.69) is 0 Å². The summed E-state index contributed by atoms with van der Waals surface area (Å²) in [6.45, 7) is 0.0128. The van der Waals surface area contributed by atoms with Gasteiger partial charge in [-0.25, -0.2) is 9.18 Å². The molecule has 138 valence electrons. The van der Waals surface area contributed by atoms with Crippen LogP contribution in [0.2, 0.25) is 0 Å². The highest BCUT2D eigenvalue weighted by Gasteiger charge is 2.22. The summed E-state index contributed by atoms with van der Waals surface area (Å²) in [5.41, 5.74) is 0.785. The molecule has 9 heteroatoms. The molecule has 0 N–H and O–H groups in total. The number of carbonyl (C=O) groups excluding carboxylic acids is 1. The average Bonchev–Trinajstić information content (AvgIpc) is 3.08. The molecular formula is C18H12FNO6S. The zero-order valence-electron chi connectivity index (χ0n) is 13.8. The molecule has 0 amide bonds. The average molecular weight is 389 g/mol. The van der Waals surface area contributed by atoms with Crippen LogP contribution < -0.4 is 4.74 Å². The summed E-state index contributed by atoms with van der Waals surface area (Å²) in [6.07, 6.45) is 0. The molecule has 0 atom stereocenters. The molecule has 0 bridgehead atoms. The SMILES string of the molecule is O=C(OCc1cc([N+](=O)[O-])cc2c1OCOC2)c1cc2cc(F)ccc2s1. The monoisotopic (exact) mass is 389 g/mol. The maximum Gasteiger partial charge on any atom is 0.348 e. The van der Waals surface area contributed by atoms with E-state index in [0.29, 0.717) is 27.1 Å². The van der Waals surface area contributed by atoms with Crippen LogP contribution in [0, 0.1) is 15.9 Å². The van der Waals surface area contributed by atoms with E-state index in [1.165, 1.54) is 35.6 Å². The first kappa shape index (κ1) is 17.4. The first-order chi connectivity index (χ1) is 13.0. The van der Waals surface area contributed by atoms with Gasteiger partial charge in [-0.2, -0.15) is 0 Å². The van der Waals surface area contributed by atoms with Gasteiger partial charge in [0.1, 0.15) is 23.1 Å². The van der Waals surface area contributed by atoms with E-state index < -0.39 is 10.9 Å². The van der Waals surface area contributed by atoms with Crippen LogP contribution >= 0.6 is 11.3 Å². The molecule has 0 radical (unpaired) electrons. The van der Waals surface area contributed by atoms with Crippen LogP contribution in [-0.2, 0) is 22.7 Å². The Hall–Kier alpha value is -3.04. The fraction of sp³-hybridized carbons (Fsp3) is 0.167. The first-order valence-corrected chi connectivity index (χ1v) is 8.70. The molecule has 2 heterocycles. The minimum atomic E-state index is -0.594. The second kappa shape index (κ2) is 6.93. The first-order valence-electron chi connectivity index (χ1n) is 7.88. The molecule has 3 aromatic rings. The Kier molecular flexibility index (Phi) is 4.46. The Morgan fingerprint density at radius 2 is 2.15 bits per heavy atom. The van der Waals surface area contributed by atoms with Crippen molar-refractivity contribution < 1.29 is 28.3 Å². The highest BCUT2D eigenvalue weighted by atomic mass is 32.1. The number of nitrogens with zero attached hydrogens (tertiary/aromatic N) is 1. The molecule has 1 aliphatic heterocycles. The van der Waals surface area contributed by atoms with E-state index in [4.69, 9.17) is 14.2 Å². The van der Waals surface area contributed by atoms with Gasteiger partial charge < -0.3 is 14.2 Å². The summed E-state index contributed by atoms with van der Waals surface area (Å²) < 4.78 is 29.9. The highest BCUT2D eigenvalue weighted by Crippen LogP contribution is 2.33. The number of benzene rings is 2. The van der Waals surface area contributed by atoms with Crippen molar-refractivity contribution in [2.45, 2.75) is 13.2 Å². The normalized spacial score (nSPS) is 13.1. The van der Waals surface area contributed by atoms with E-state index >= 15 is 0 Å². The molecule has 7 nitrogen and oxygen atoms in total. The number of hydrogen-bond acceptors (Lipinski definition) is 7. The largest absolute Gasteiger partial charge is 0.467 e. The van der Waals surface area contributed by atoms with Gasteiger partial charge in [0, 0.05) is 28.0 Å². The predicted octanol–water partition coefficient (Wildman–Crippen LogP) is 4.17. The summed E-state index contributed by atoms with van der Waals surface area (Å²) in [7, 11) is 0. The van der Waals surface area contributed by atoms with E-state index in [-0.39, 0.29) is 31.5 Å². The minimum absolute atomic E-state index is 0.0215. The standard InChI is InChI=1S/C18H12FNO6S/c19-13-1-2-15-10(3-13)6-16(27-15)18(21)25-8-12-5-14(20(22)23)4-11-7-24-9-26-17(11)12/h1-6H,7-9H2. The maximum absolute atomic E-state index is 13.3. The van der Waals surface area contributed by atoms with Crippen molar-refractivity contribution in [3.05, 3.63) is 68.3 Å². The van der Waals surface area contributed by atoms with Crippen LogP contribution in [0.3, 0.4) is 0 Å². The van der Waals surface area contributed by atoms with Crippen LogP contribution in [0.15, 0.2) is 36.4 Å². The Morgan fingerprint density at radius 1 is 1.30 bits per heavy atom. The van der Waals surface area contributed by atoms with E-state index in [9.17, 15) is 19.3 Å². The molecule has 1 aromatic heterocycles. The third kappa shape index (κ3) is 3.46. The molecule has 0 saturated heterocycles. The number of ether oxygens (including phenoxy) is 3. The lowest BCUT2D eigenvalue weighted by atomic mass is 10.1. The van der Waals surface area contributed by atoms with Crippen molar-refractivity contribution in [2.24, 2.45) is 0 Å². The lowest BCUT2D eigenvalue weighted by Gasteiger charge is -2.20. The Morgan fingerprint density at radius 3 is 2.96 bits per heavy atom. The molecule has 2 aromatic carbocycles. The van der Waals surface area contributed by atoms with Crippen LogP contribution in [0.25, 0.3) is 10.1 Å². The summed E-state index contributed by atoms with van der Waals surface area (Å²) in [5.74, 6) is -0.551. The van der Waals surface area contributed by atoms with Gasteiger partial charge in [-0.3, -0.25) is 10.1 Å². The highest BCUT2D eigenvalue weighted by molar-refractivity contribution is 7.20. The second-order valence-corrected chi connectivity index (χ2v) is 6.91. The molecule has 27 heavy (non-hydrogen) atoms. The van der Waals surface area contributed by atoms with Gasteiger partial charge in [0.15, 0.2) is 6.79 Å². The fourth-order valence-corrected chi connectivity index (χ4v) is 3.76. The van der Waals surface area contributed by atoms with E-state index in [1.807, 2.05) is 0 Å². The zero-order valence-corrected chi connectivity index (χ0v) is 14.6. The molecule has 0 aliphatic carbocycles. The van der Waals surface area contributed by atoms with Gasteiger partial charge in [-0.15, -0.1) is 11.3 Å². The van der Waals surface area contributed by atoms with Crippen LogP contribution in [0.5, 0.6) is 5.75 Å². The van der Waals surface area contributed by atoms with Crippen molar-refractivity contribution in [1.82, 2.24) is 0 Å². The summed E-state index contributed by atoms with van der Waals surface area (Å²) in [5, 5.41) is 11.7. The third-order valence-electron chi connectivity index (χ3n) is 4.02. The minimum Gasteiger partial charge on any atom is -0.467 e. The van der Waals surface area contributed by atoms with Crippen molar-refractivity contribution in [2.75, 3.05) is 6.79 Å². The Balaban J connectivity index is 1.57. The number of fused-ring (bicyclic) bond motifs is 2. The number of hydrogen-bond donors (Lipinski definition) is 0. The Labute approximate surface area is 156 Å². The van der Waals surface area contributed by atoms with Gasteiger partial charge in [-0.1, -0.05) is 0 Å². The van der Waals surface area contributed by atoms with Gasteiger partial charge in [0.25, 0.3) is 5.69 Å². The number of rotatable bonds is 4. The number of thiophene rings is 1. The molecule has 0 spiro atoms. The smallest absolute Gasteiger partial charge is 0.348 e. The number of esters is 1. The van der Waals surface area contributed by atoms with Crippen molar-refractivity contribution in [1.29, 1.82) is 0 Å². The molecule has 0 unspecified atom stereocenters. The van der Waals surface area contributed by atoms with E-state index in [0.717, 1.165) is 4.70 Å². The lowest BCUT2D eigenvalue weighted by Crippen LogP contribution is -2.14. The van der Waals surface area contributed by atoms with Gasteiger partial charge >= 0.3 is 5.97 Å². The van der Waals surface area contributed by atoms with Gasteiger partial charge in [0.2, 0.25) is 0 Å². The zero-order chi connectivity index (χ0) is 19.0. The molecule has 1 aliphatic rings. The molecule has 0 fully saturated rings. The van der Waals surface area contributed by atoms with Crippen LogP contribution in [-0.4, -0.2) is 17.7 Å². The van der Waals surface area contributed by atoms with Crippen LogP contribution in [0.4, 0.5) is 10.1 Å². The van der Waals surface area contributed by atoms with Crippen molar-refractivity contribution >= 4 is 33.1 Å². The summed E-state index contributed by atoms with van der Waals surface area (Å²) in [4.78, 5) is 23.3. The number of carbonyl (C=O) groups is 1. The topological polar surface area (TPSA) is 87.9 Å². The third-order valence-corrected chi connectivity index (χ3v) is 5.12. The summed E-state index contributed by atoms with van der Waals surface area (Å²) in [6, 6.07) is 8.50. The van der Waals surface area contributed by atoms with Crippen LogP contribution in [0.1, 0.15) is 20.8 Å². The molecular weight excluding hydrogens is 377 g/mol. The number of nitro benzene ring substituents is 1. The van der Waals surface area contributed by atoms with Crippen molar-refractivity contribution in [3.8, 4) is 5.75 Å². The van der Waals surface area contributed by atoms with Gasteiger partial charge in [-0.05, 0) is 29.7 Å². The predicted molar refractivity (Wildman–Crippen MR) is 94.3 cm³/mol. The van der Waals surface area contributed by atoms with Gasteiger partial charge in [0.05, 0.1) is 11.5 Å². The van der Waals surface area contributed by atoms with Crippen molar-refractivity contribution in [3.63, 3.8) is 0 Å². The Bertz CT molecular complexity index is 1060. The number of halogens is 1. The molecule has 4 rings (SSSR count). The number of nitro groups is 1. The maximum atomic E-state index is 13.3. The summed E-state index contributed by atoms with van der Waals surface area (Å²) >= 11 is 1.19. The lowest BCUT2D eigenvalue weighted by molar-refractivity contribution is -0.385. The fourth-order valence-electron chi connectivity index (χ4n) is 2.82. The number of non-ortho nitro benzene ring substituents is 1.